The number of likely N-dealkylation sites (N-methyl/N-ethyl adjacent to an activating group) is 1. The lowest BCUT2D eigenvalue weighted by atomic mass is 9.91. The fourth-order valence-corrected chi connectivity index (χ4v) is 2.68. The first kappa shape index (κ1) is 18.9. The van der Waals surface area contributed by atoms with Crippen LogP contribution < -0.4 is 5.32 Å². The molecule has 0 radical (unpaired) electrons. The number of aliphatic hydroxyl groups is 1. The third kappa shape index (κ3) is 6.73. The summed E-state index contributed by atoms with van der Waals surface area (Å²) in [7, 11) is 1.96. The smallest absolute Gasteiger partial charge is 0.0613 e. The summed E-state index contributed by atoms with van der Waals surface area (Å²) < 4.78 is 0. The van der Waals surface area contributed by atoms with Crippen molar-refractivity contribution in [2.24, 2.45) is 5.92 Å². The van der Waals surface area contributed by atoms with Crippen molar-refractivity contribution in [2.45, 2.75) is 65.3 Å². The lowest BCUT2D eigenvalue weighted by Gasteiger charge is -2.32. The lowest BCUT2D eigenvalue weighted by Crippen LogP contribution is -2.46. The van der Waals surface area contributed by atoms with Gasteiger partial charge in [0.1, 0.15) is 0 Å². The van der Waals surface area contributed by atoms with Crippen LogP contribution in [0.5, 0.6) is 0 Å². The summed E-state index contributed by atoms with van der Waals surface area (Å²) in [6.07, 6.45) is 5.75. The average Bonchev–Trinajstić information content (AvgIpc) is 2.47. The molecule has 0 aromatic carbocycles. The largest absolute Gasteiger partial charge is 0.394 e. The number of hydrogen-bond acceptors (Lipinski definition) is 3. The zero-order valence-corrected chi connectivity index (χ0v) is 13.8. The predicted molar refractivity (Wildman–Crippen MR) is 84.6 cm³/mol. The van der Waals surface area contributed by atoms with E-state index in [1.54, 1.807) is 0 Å². The summed E-state index contributed by atoms with van der Waals surface area (Å²) in [5.41, 5.74) is -0.0751. The maximum absolute atomic E-state index is 9.54. The van der Waals surface area contributed by atoms with Gasteiger partial charge in [-0.1, -0.05) is 40.5 Å². The summed E-state index contributed by atoms with van der Waals surface area (Å²) in [4.78, 5) is 2.56. The Morgan fingerprint density at radius 1 is 1.16 bits per heavy atom. The van der Waals surface area contributed by atoms with Crippen LogP contribution in [0.1, 0.15) is 59.8 Å². The van der Waals surface area contributed by atoms with E-state index >= 15 is 0 Å². The Hall–Kier alpha value is -0.120. The highest BCUT2D eigenvalue weighted by atomic mass is 16.3. The number of nitrogens with one attached hydrogen (secondary N) is 1. The zero-order chi connectivity index (χ0) is 14.7. The normalized spacial score (nSPS) is 15.2. The minimum Gasteiger partial charge on any atom is -0.394 e. The van der Waals surface area contributed by atoms with Crippen LogP contribution in [0.4, 0.5) is 0 Å². The van der Waals surface area contributed by atoms with Crippen molar-refractivity contribution in [3.05, 3.63) is 0 Å². The van der Waals surface area contributed by atoms with Crippen molar-refractivity contribution in [3.8, 4) is 0 Å². The summed E-state index contributed by atoms with van der Waals surface area (Å²) in [6, 6.07) is 0. The zero-order valence-electron chi connectivity index (χ0n) is 13.8. The Morgan fingerprint density at radius 3 is 2.16 bits per heavy atom. The Labute approximate surface area is 120 Å². The molecule has 0 aliphatic rings. The van der Waals surface area contributed by atoms with Gasteiger partial charge >= 0.3 is 0 Å². The SMILES string of the molecule is CCC(CC)CN(CC)CCCC(CC)(CO)NC. The van der Waals surface area contributed by atoms with Crippen LogP contribution in [0.2, 0.25) is 0 Å². The van der Waals surface area contributed by atoms with Gasteiger partial charge in [0.2, 0.25) is 0 Å². The first-order valence-corrected chi connectivity index (χ1v) is 8.13. The second-order valence-corrected chi connectivity index (χ2v) is 5.72. The molecular formula is C16H36N2O. The number of nitrogens with zero attached hydrogens (tertiary/aromatic N) is 1. The van der Waals surface area contributed by atoms with Gasteiger partial charge in [0.25, 0.3) is 0 Å². The van der Waals surface area contributed by atoms with E-state index in [-0.39, 0.29) is 12.1 Å². The van der Waals surface area contributed by atoms with E-state index in [9.17, 15) is 5.11 Å². The first-order valence-electron chi connectivity index (χ1n) is 8.13. The second kappa shape index (κ2) is 10.6. The molecule has 2 N–H and O–H groups in total. The van der Waals surface area contributed by atoms with Crippen molar-refractivity contribution in [1.82, 2.24) is 10.2 Å². The highest BCUT2D eigenvalue weighted by Crippen LogP contribution is 2.17. The Balaban J connectivity index is 4.13. The van der Waals surface area contributed by atoms with Crippen molar-refractivity contribution in [3.63, 3.8) is 0 Å². The van der Waals surface area contributed by atoms with E-state index in [1.807, 2.05) is 7.05 Å². The maximum Gasteiger partial charge on any atom is 0.0613 e. The molecule has 3 heteroatoms. The monoisotopic (exact) mass is 272 g/mol. The van der Waals surface area contributed by atoms with Gasteiger partial charge in [0, 0.05) is 12.1 Å². The summed E-state index contributed by atoms with van der Waals surface area (Å²) in [6.45, 7) is 12.7. The third-order valence-corrected chi connectivity index (χ3v) is 4.76. The Kier molecular flexibility index (Phi) is 10.6. The van der Waals surface area contributed by atoms with Gasteiger partial charge in [0.15, 0.2) is 0 Å². The highest BCUT2D eigenvalue weighted by Gasteiger charge is 2.24. The van der Waals surface area contributed by atoms with Crippen LogP contribution in [0.3, 0.4) is 0 Å². The van der Waals surface area contributed by atoms with Crippen LogP contribution in [0, 0.1) is 5.92 Å². The summed E-state index contributed by atoms with van der Waals surface area (Å²) >= 11 is 0. The second-order valence-electron chi connectivity index (χ2n) is 5.72. The molecule has 0 saturated heterocycles. The van der Waals surface area contributed by atoms with E-state index in [2.05, 4.69) is 37.9 Å². The molecule has 0 fully saturated rings. The van der Waals surface area contributed by atoms with Crippen LogP contribution in [-0.2, 0) is 0 Å². The van der Waals surface area contributed by atoms with E-state index in [1.165, 1.54) is 19.4 Å². The van der Waals surface area contributed by atoms with Crippen LogP contribution in [0.25, 0.3) is 0 Å². The number of hydrogen-bond donors (Lipinski definition) is 2. The molecule has 1 atom stereocenters. The summed E-state index contributed by atoms with van der Waals surface area (Å²) in [5.74, 6) is 0.832. The topological polar surface area (TPSA) is 35.5 Å². The molecule has 0 spiro atoms. The molecule has 0 aromatic rings. The molecule has 0 aliphatic carbocycles. The molecule has 0 rings (SSSR count). The van der Waals surface area contributed by atoms with Gasteiger partial charge in [-0.15, -0.1) is 0 Å². The minimum atomic E-state index is -0.0751. The van der Waals surface area contributed by atoms with Gasteiger partial charge in [-0.3, -0.25) is 0 Å². The molecule has 0 aromatic heterocycles. The third-order valence-electron chi connectivity index (χ3n) is 4.76. The molecule has 0 aliphatic heterocycles. The standard InChI is InChI=1S/C16H36N2O/c1-6-15(7-2)13-18(9-4)12-10-11-16(8-3,14-19)17-5/h15,17,19H,6-14H2,1-5H3. The minimum absolute atomic E-state index is 0.0751. The average molecular weight is 272 g/mol. The maximum atomic E-state index is 9.54. The fourth-order valence-electron chi connectivity index (χ4n) is 2.68. The molecule has 0 heterocycles. The lowest BCUT2D eigenvalue weighted by molar-refractivity contribution is 0.143. The quantitative estimate of drug-likeness (QED) is 0.573. The summed E-state index contributed by atoms with van der Waals surface area (Å²) in [5, 5.41) is 12.8. The van der Waals surface area contributed by atoms with E-state index in [4.69, 9.17) is 0 Å². The Morgan fingerprint density at radius 2 is 1.79 bits per heavy atom. The predicted octanol–water partition coefficient (Wildman–Crippen LogP) is 2.89. The van der Waals surface area contributed by atoms with Gasteiger partial charge in [-0.2, -0.15) is 0 Å². The van der Waals surface area contributed by atoms with Crippen LogP contribution in [-0.4, -0.2) is 48.8 Å². The first-order chi connectivity index (χ1) is 9.11. The van der Waals surface area contributed by atoms with Crippen LogP contribution in [0.15, 0.2) is 0 Å². The number of aliphatic hydroxyl groups excluding tert-OH is 1. The van der Waals surface area contributed by atoms with E-state index < -0.39 is 0 Å². The van der Waals surface area contributed by atoms with Crippen molar-refractivity contribution >= 4 is 0 Å². The van der Waals surface area contributed by atoms with Crippen molar-refractivity contribution in [2.75, 3.05) is 33.3 Å². The molecular weight excluding hydrogens is 236 g/mol. The van der Waals surface area contributed by atoms with Gasteiger partial charge in [-0.05, 0) is 45.3 Å². The van der Waals surface area contributed by atoms with E-state index in [0.29, 0.717) is 0 Å². The Bertz CT molecular complexity index is 193. The van der Waals surface area contributed by atoms with Crippen molar-refractivity contribution < 1.29 is 5.11 Å². The highest BCUT2D eigenvalue weighted by molar-refractivity contribution is 4.84. The van der Waals surface area contributed by atoms with Gasteiger partial charge in [0.05, 0.1) is 6.61 Å². The molecule has 0 saturated carbocycles. The molecule has 0 amide bonds. The van der Waals surface area contributed by atoms with Crippen molar-refractivity contribution in [1.29, 1.82) is 0 Å². The van der Waals surface area contributed by atoms with E-state index in [0.717, 1.165) is 38.3 Å². The molecule has 1 unspecified atom stereocenters. The number of rotatable bonds is 12. The van der Waals surface area contributed by atoms with Gasteiger partial charge in [-0.25, -0.2) is 0 Å². The molecule has 0 bridgehead atoms. The molecule has 116 valence electrons. The molecule has 3 nitrogen and oxygen atoms in total. The van der Waals surface area contributed by atoms with Gasteiger partial charge < -0.3 is 15.3 Å². The fraction of sp³-hybridized carbons (Fsp3) is 1.00. The van der Waals surface area contributed by atoms with Crippen LogP contribution >= 0.6 is 0 Å². The molecule has 19 heavy (non-hydrogen) atoms.